The van der Waals surface area contributed by atoms with E-state index in [9.17, 15) is 19.5 Å². The lowest BCUT2D eigenvalue weighted by Crippen LogP contribution is -2.39. The number of benzene rings is 2. The van der Waals surface area contributed by atoms with Crippen LogP contribution in [0, 0.1) is 0 Å². The number of hydrogen-bond donors (Lipinski definition) is 1. The topological polar surface area (TPSA) is 111 Å². The van der Waals surface area contributed by atoms with E-state index in [-0.39, 0.29) is 28.3 Å². The van der Waals surface area contributed by atoms with Gasteiger partial charge in [-0.25, -0.2) is 14.6 Å². The molecule has 4 aromatic rings. The van der Waals surface area contributed by atoms with E-state index in [1.165, 1.54) is 16.7 Å². The van der Waals surface area contributed by atoms with Crippen molar-refractivity contribution < 1.29 is 23.8 Å². The molecule has 0 bridgehead atoms. The van der Waals surface area contributed by atoms with E-state index in [2.05, 4.69) is 4.99 Å². The smallest absolute Gasteiger partial charge is 0.338 e. The largest absolute Gasteiger partial charge is 0.478 e. The minimum Gasteiger partial charge on any atom is -0.478 e. The number of rotatable bonds is 6. The monoisotopic (exact) mass is 582 g/mol. The van der Waals surface area contributed by atoms with Crippen LogP contribution in [0.25, 0.3) is 17.4 Å². The van der Waals surface area contributed by atoms with Crippen molar-refractivity contribution in [2.75, 3.05) is 6.61 Å². The number of nitrogens with zero attached hydrogens (tertiary/aromatic N) is 2. The molecule has 0 amide bonds. The molecule has 8 nitrogen and oxygen atoms in total. The van der Waals surface area contributed by atoms with Gasteiger partial charge in [0, 0.05) is 16.7 Å². The third-order valence-corrected chi connectivity index (χ3v) is 7.65. The molecule has 39 heavy (non-hydrogen) atoms. The van der Waals surface area contributed by atoms with Gasteiger partial charge in [0.1, 0.15) is 11.5 Å². The maximum Gasteiger partial charge on any atom is 0.338 e. The number of thiazole rings is 1. The summed E-state index contributed by atoms with van der Waals surface area (Å²) < 4.78 is 13.0. The Morgan fingerprint density at radius 2 is 1.90 bits per heavy atom. The van der Waals surface area contributed by atoms with Gasteiger partial charge in [0.2, 0.25) is 0 Å². The van der Waals surface area contributed by atoms with Crippen LogP contribution in [0.15, 0.2) is 80.1 Å². The molecule has 5 rings (SSSR count). The predicted octanol–water partition coefficient (Wildman–Crippen LogP) is 5.06. The fourth-order valence-electron chi connectivity index (χ4n) is 4.31. The van der Waals surface area contributed by atoms with Crippen LogP contribution in [0.5, 0.6) is 0 Å². The second kappa shape index (κ2) is 10.7. The highest BCUT2D eigenvalue weighted by Gasteiger charge is 2.33. The molecule has 1 aliphatic heterocycles. The van der Waals surface area contributed by atoms with E-state index in [1.807, 2.05) is 0 Å². The summed E-state index contributed by atoms with van der Waals surface area (Å²) in [5, 5.41) is 10.0. The summed E-state index contributed by atoms with van der Waals surface area (Å²) in [5.74, 6) is -0.908. The van der Waals surface area contributed by atoms with E-state index in [0.29, 0.717) is 42.7 Å². The minimum atomic E-state index is -1.15. The lowest BCUT2D eigenvalue weighted by atomic mass is 9.96. The van der Waals surface area contributed by atoms with Crippen LogP contribution in [-0.4, -0.2) is 28.2 Å². The maximum absolute atomic E-state index is 13.7. The van der Waals surface area contributed by atoms with Gasteiger partial charge in [-0.05, 0) is 61.9 Å². The Bertz CT molecular complexity index is 1830. The number of allylic oxidation sites excluding steroid dienone is 1. The number of halogens is 2. The number of fused-ring (bicyclic) bond motifs is 1. The number of hydrogen-bond acceptors (Lipinski definition) is 7. The van der Waals surface area contributed by atoms with Gasteiger partial charge >= 0.3 is 11.9 Å². The first-order valence-corrected chi connectivity index (χ1v) is 13.3. The van der Waals surface area contributed by atoms with Crippen molar-refractivity contribution >= 4 is 52.6 Å². The summed E-state index contributed by atoms with van der Waals surface area (Å²) in [6.45, 7) is 3.60. The number of aromatic nitrogens is 1. The summed E-state index contributed by atoms with van der Waals surface area (Å²) in [7, 11) is 0. The predicted molar refractivity (Wildman–Crippen MR) is 148 cm³/mol. The summed E-state index contributed by atoms with van der Waals surface area (Å²) >= 11 is 13.2. The number of ether oxygens (including phenoxy) is 1. The Morgan fingerprint density at radius 3 is 2.59 bits per heavy atom. The van der Waals surface area contributed by atoms with E-state index < -0.39 is 18.0 Å². The SMILES string of the molecule is CCOC(=O)C1=C(C)N=c2sc(=Cc3ccc(-c4ccc(Cl)c(C(=O)O)c4)o3)c(=O)n2C1c1ccc(Cl)cc1. The maximum atomic E-state index is 13.7. The summed E-state index contributed by atoms with van der Waals surface area (Å²) in [5.41, 5.74) is 1.53. The molecule has 3 heterocycles. The van der Waals surface area contributed by atoms with Crippen LogP contribution < -0.4 is 14.9 Å². The fourth-order valence-corrected chi connectivity index (χ4v) is 5.66. The Hall–Kier alpha value is -3.92. The van der Waals surface area contributed by atoms with Gasteiger partial charge in [-0.2, -0.15) is 0 Å². The standard InChI is InChI=1S/C28H20Cl2N2O6S/c1-3-37-27(36)23-14(2)31-28-32(24(23)15-4-7-17(29)8-5-15)25(33)22(39-28)13-18-9-11-21(38-18)16-6-10-20(30)19(12-16)26(34)35/h4-13,24H,3H2,1-2H3,(H,34,35). The van der Waals surface area contributed by atoms with Gasteiger partial charge in [-0.1, -0.05) is 46.7 Å². The zero-order valence-electron chi connectivity index (χ0n) is 20.6. The van der Waals surface area contributed by atoms with Gasteiger partial charge < -0.3 is 14.3 Å². The van der Waals surface area contributed by atoms with Crippen molar-refractivity contribution in [3.05, 3.63) is 112 Å². The van der Waals surface area contributed by atoms with Crippen molar-refractivity contribution in [2.24, 2.45) is 4.99 Å². The van der Waals surface area contributed by atoms with Crippen LogP contribution in [0.1, 0.15) is 41.6 Å². The van der Waals surface area contributed by atoms with Crippen molar-refractivity contribution in [3.63, 3.8) is 0 Å². The van der Waals surface area contributed by atoms with Crippen molar-refractivity contribution in [3.8, 4) is 11.3 Å². The summed E-state index contributed by atoms with van der Waals surface area (Å²) in [4.78, 5) is 43.1. The van der Waals surface area contributed by atoms with Gasteiger partial charge in [-0.15, -0.1) is 0 Å². The molecule has 0 saturated carbocycles. The van der Waals surface area contributed by atoms with Gasteiger partial charge in [0.15, 0.2) is 4.80 Å². The third kappa shape index (κ3) is 5.08. The number of aromatic carboxylic acids is 1. The molecule has 198 valence electrons. The number of furan rings is 1. The first-order chi connectivity index (χ1) is 18.7. The summed E-state index contributed by atoms with van der Waals surface area (Å²) in [6, 6.07) is 14.1. The van der Waals surface area contributed by atoms with E-state index in [1.54, 1.807) is 62.4 Å². The van der Waals surface area contributed by atoms with Gasteiger partial charge in [0.05, 0.1) is 39.0 Å². The number of carbonyl (C=O) groups is 2. The molecular weight excluding hydrogens is 563 g/mol. The first kappa shape index (κ1) is 26.7. The Kier molecular flexibility index (Phi) is 7.31. The molecule has 1 atom stereocenters. The minimum absolute atomic E-state index is 0.0459. The van der Waals surface area contributed by atoms with Crippen molar-refractivity contribution in [2.45, 2.75) is 19.9 Å². The molecule has 1 N–H and O–H groups in total. The van der Waals surface area contributed by atoms with Crippen LogP contribution in [0.3, 0.4) is 0 Å². The molecule has 1 aliphatic rings. The highest BCUT2D eigenvalue weighted by Crippen LogP contribution is 2.31. The van der Waals surface area contributed by atoms with E-state index in [0.717, 1.165) is 11.3 Å². The molecule has 0 aliphatic carbocycles. The lowest BCUT2D eigenvalue weighted by Gasteiger charge is -2.24. The zero-order chi connectivity index (χ0) is 27.8. The van der Waals surface area contributed by atoms with Gasteiger partial charge in [-0.3, -0.25) is 9.36 Å². The number of carbonyl (C=O) groups excluding carboxylic acids is 1. The normalized spacial score (nSPS) is 15.2. The molecule has 1 unspecified atom stereocenters. The van der Waals surface area contributed by atoms with Crippen molar-refractivity contribution in [1.29, 1.82) is 0 Å². The molecule has 0 fully saturated rings. The lowest BCUT2D eigenvalue weighted by molar-refractivity contribution is -0.139. The summed E-state index contributed by atoms with van der Waals surface area (Å²) in [6.07, 6.45) is 1.59. The number of esters is 1. The highest BCUT2D eigenvalue weighted by molar-refractivity contribution is 7.07. The zero-order valence-corrected chi connectivity index (χ0v) is 22.9. The third-order valence-electron chi connectivity index (χ3n) is 6.08. The molecule has 0 radical (unpaired) electrons. The van der Waals surface area contributed by atoms with Crippen molar-refractivity contribution in [1.82, 2.24) is 4.57 Å². The average molecular weight is 583 g/mol. The molecule has 2 aromatic carbocycles. The molecular formula is C28H20Cl2N2O6S. The first-order valence-electron chi connectivity index (χ1n) is 11.8. The number of carboxylic acids is 1. The Balaban J connectivity index is 1.61. The second-order valence-electron chi connectivity index (χ2n) is 8.56. The highest BCUT2D eigenvalue weighted by atomic mass is 35.5. The molecule has 0 saturated heterocycles. The van der Waals surface area contributed by atoms with Crippen LogP contribution in [-0.2, 0) is 9.53 Å². The molecule has 0 spiro atoms. The quantitative estimate of drug-likeness (QED) is 0.318. The van der Waals surface area contributed by atoms with E-state index >= 15 is 0 Å². The molecule has 2 aromatic heterocycles. The fraction of sp³-hybridized carbons (Fsp3) is 0.143. The van der Waals surface area contributed by atoms with Crippen LogP contribution in [0.4, 0.5) is 0 Å². The number of carboxylic acid groups (broad SMARTS) is 1. The Morgan fingerprint density at radius 1 is 1.15 bits per heavy atom. The Labute approximate surface area is 235 Å². The average Bonchev–Trinajstić information content (AvgIpc) is 3.48. The molecule has 11 heteroatoms. The van der Waals surface area contributed by atoms with E-state index in [4.69, 9.17) is 32.4 Å². The van der Waals surface area contributed by atoms with Crippen LogP contribution in [0.2, 0.25) is 10.0 Å². The van der Waals surface area contributed by atoms with Gasteiger partial charge in [0.25, 0.3) is 5.56 Å². The van der Waals surface area contributed by atoms with Crippen LogP contribution >= 0.6 is 34.5 Å². The second-order valence-corrected chi connectivity index (χ2v) is 10.4.